The van der Waals surface area contributed by atoms with E-state index in [-0.39, 0.29) is 11.1 Å². The summed E-state index contributed by atoms with van der Waals surface area (Å²) >= 11 is 0. The Morgan fingerprint density at radius 2 is 2.04 bits per heavy atom. The zero-order valence-electron chi connectivity index (χ0n) is 13.7. The Hall–Kier alpha value is -3.22. The SMILES string of the molecule is CCc1ccc2cc(-c3nc4c(F)cc(C(=O)OC)cc4[nH]3)[nH]c2n1. The number of rotatable bonds is 3. The van der Waals surface area contributed by atoms with Gasteiger partial charge >= 0.3 is 5.97 Å². The predicted molar refractivity (Wildman–Crippen MR) is 91.9 cm³/mol. The predicted octanol–water partition coefficient (Wildman–Crippen LogP) is 3.59. The molecule has 0 saturated carbocycles. The normalized spacial score (nSPS) is 11.3. The summed E-state index contributed by atoms with van der Waals surface area (Å²) in [6, 6.07) is 8.51. The van der Waals surface area contributed by atoms with Gasteiger partial charge in [-0.05, 0) is 36.8 Å². The van der Waals surface area contributed by atoms with Crippen LogP contribution >= 0.6 is 0 Å². The number of aryl methyl sites for hydroxylation is 1. The largest absolute Gasteiger partial charge is 0.465 e. The maximum atomic E-state index is 14.3. The fraction of sp³-hybridized carbons (Fsp3) is 0.167. The third kappa shape index (κ3) is 2.53. The average molecular weight is 338 g/mol. The third-order valence-electron chi connectivity index (χ3n) is 4.12. The second-order valence-electron chi connectivity index (χ2n) is 5.71. The number of pyridine rings is 1. The molecule has 4 aromatic rings. The van der Waals surface area contributed by atoms with Crippen molar-refractivity contribution in [3.05, 3.63) is 47.4 Å². The van der Waals surface area contributed by atoms with Crippen molar-refractivity contribution in [1.82, 2.24) is 19.9 Å². The summed E-state index contributed by atoms with van der Waals surface area (Å²) in [5.74, 6) is -0.700. The standard InChI is InChI=1S/C18H15FN4O2/c1-3-11-5-4-9-7-14(22-16(9)20-11)17-21-13-8-10(18(24)25-2)6-12(19)15(13)23-17/h4-8H,3H2,1-2H3,(H,20,22)(H,21,23). The summed E-state index contributed by atoms with van der Waals surface area (Å²) < 4.78 is 18.9. The highest BCUT2D eigenvalue weighted by atomic mass is 19.1. The number of nitrogens with zero attached hydrogens (tertiary/aromatic N) is 2. The summed E-state index contributed by atoms with van der Waals surface area (Å²) in [5.41, 5.74) is 3.17. The number of imidazole rings is 1. The van der Waals surface area contributed by atoms with E-state index in [4.69, 9.17) is 0 Å². The number of aromatic nitrogens is 4. The lowest BCUT2D eigenvalue weighted by Crippen LogP contribution is -2.01. The first kappa shape index (κ1) is 15.3. The molecule has 0 saturated heterocycles. The Morgan fingerprint density at radius 1 is 1.20 bits per heavy atom. The van der Waals surface area contributed by atoms with Gasteiger partial charge in [-0.25, -0.2) is 19.2 Å². The molecular formula is C18H15FN4O2. The molecule has 7 heteroatoms. The van der Waals surface area contributed by atoms with E-state index in [1.54, 1.807) is 0 Å². The van der Waals surface area contributed by atoms with Crippen molar-refractivity contribution in [3.63, 3.8) is 0 Å². The number of esters is 1. The molecule has 3 aromatic heterocycles. The summed E-state index contributed by atoms with van der Waals surface area (Å²) in [7, 11) is 1.25. The highest BCUT2D eigenvalue weighted by molar-refractivity contribution is 5.94. The highest BCUT2D eigenvalue weighted by Gasteiger charge is 2.16. The first-order valence-electron chi connectivity index (χ1n) is 7.85. The van der Waals surface area contributed by atoms with Crippen molar-refractivity contribution < 1.29 is 13.9 Å². The van der Waals surface area contributed by atoms with E-state index in [1.165, 1.54) is 13.2 Å². The van der Waals surface area contributed by atoms with Crippen LogP contribution in [0.5, 0.6) is 0 Å². The lowest BCUT2D eigenvalue weighted by Gasteiger charge is -1.99. The smallest absolute Gasteiger partial charge is 0.338 e. The van der Waals surface area contributed by atoms with E-state index in [0.717, 1.165) is 29.2 Å². The minimum atomic E-state index is -0.598. The van der Waals surface area contributed by atoms with Gasteiger partial charge in [0.1, 0.15) is 11.2 Å². The van der Waals surface area contributed by atoms with E-state index in [0.29, 0.717) is 17.0 Å². The molecule has 0 aliphatic rings. The summed E-state index contributed by atoms with van der Waals surface area (Å²) in [6.45, 7) is 2.04. The topological polar surface area (TPSA) is 83.7 Å². The van der Waals surface area contributed by atoms with Gasteiger partial charge in [-0.3, -0.25) is 0 Å². The average Bonchev–Trinajstić information content (AvgIpc) is 3.24. The van der Waals surface area contributed by atoms with Crippen LogP contribution in [0.3, 0.4) is 0 Å². The number of hydrogen-bond donors (Lipinski definition) is 2. The molecule has 0 aliphatic heterocycles. The van der Waals surface area contributed by atoms with Gasteiger partial charge in [0.05, 0.1) is 23.9 Å². The van der Waals surface area contributed by atoms with Crippen molar-refractivity contribution in [2.45, 2.75) is 13.3 Å². The number of nitrogens with one attached hydrogen (secondary N) is 2. The first-order chi connectivity index (χ1) is 12.1. The number of methoxy groups -OCH3 is 1. The number of aromatic amines is 2. The van der Waals surface area contributed by atoms with Crippen molar-refractivity contribution >= 4 is 28.0 Å². The highest BCUT2D eigenvalue weighted by Crippen LogP contribution is 2.26. The molecule has 3 heterocycles. The fourth-order valence-corrected chi connectivity index (χ4v) is 2.81. The van der Waals surface area contributed by atoms with E-state index in [1.807, 2.05) is 25.1 Å². The molecule has 0 radical (unpaired) electrons. The Balaban J connectivity index is 1.84. The molecule has 0 spiro atoms. The van der Waals surface area contributed by atoms with Gasteiger partial charge < -0.3 is 14.7 Å². The number of carbonyl (C=O) groups excluding carboxylic acids is 1. The molecule has 1 aromatic carbocycles. The van der Waals surface area contributed by atoms with Crippen LogP contribution in [0.4, 0.5) is 4.39 Å². The third-order valence-corrected chi connectivity index (χ3v) is 4.12. The summed E-state index contributed by atoms with van der Waals surface area (Å²) in [5, 5.41) is 0.948. The van der Waals surface area contributed by atoms with Crippen LogP contribution in [0.15, 0.2) is 30.3 Å². The molecule has 0 atom stereocenters. The van der Waals surface area contributed by atoms with Crippen molar-refractivity contribution in [2.75, 3.05) is 7.11 Å². The van der Waals surface area contributed by atoms with Gasteiger partial charge in [-0.2, -0.15) is 0 Å². The molecule has 6 nitrogen and oxygen atoms in total. The fourth-order valence-electron chi connectivity index (χ4n) is 2.81. The van der Waals surface area contributed by atoms with E-state index < -0.39 is 11.8 Å². The number of benzene rings is 1. The molecule has 0 amide bonds. The van der Waals surface area contributed by atoms with Crippen LogP contribution in [0, 0.1) is 5.82 Å². The number of fused-ring (bicyclic) bond motifs is 2. The Labute approximate surface area is 142 Å². The Bertz CT molecular complexity index is 1110. The van der Waals surface area contributed by atoms with Crippen LogP contribution in [0.1, 0.15) is 23.0 Å². The van der Waals surface area contributed by atoms with Gasteiger partial charge in [-0.15, -0.1) is 0 Å². The van der Waals surface area contributed by atoms with Crippen LogP contribution in [0.2, 0.25) is 0 Å². The van der Waals surface area contributed by atoms with Crippen LogP contribution in [-0.2, 0) is 11.2 Å². The zero-order chi connectivity index (χ0) is 17.6. The summed E-state index contributed by atoms with van der Waals surface area (Å²) in [6.07, 6.45) is 0.844. The lowest BCUT2D eigenvalue weighted by molar-refractivity contribution is 0.0600. The molecule has 0 unspecified atom stereocenters. The van der Waals surface area contributed by atoms with Crippen molar-refractivity contribution in [1.29, 1.82) is 0 Å². The van der Waals surface area contributed by atoms with Gasteiger partial charge in [0.2, 0.25) is 0 Å². The number of carbonyl (C=O) groups is 1. The molecule has 25 heavy (non-hydrogen) atoms. The van der Waals surface area contributed by atoms with Gasteiger partial charge in [0, 0.05) is 11.1 Å². The second kappa shape index (κ2) is 5.70. The maximum absolute atomic E-state index is 14.3. The zero-order valence-corrected chi connectivity index (χ0v) is 13.7. The quantitative estimate of drug-likeness (QED) is 0.559. The molecular weight excluding hydrogens is 323 g/mol. The second-order valence-corrected chi connectivity index (χ2v) is 5.71. The molecule has 0 fully saturated rings. The van der Waals surface area contributed by atoms with Crippen LogP contribution in [-0.4, -0.2) is 33.0 Å². The van der Waals surface area contributed by atoms with E-state index in [2.05, 4.69) is 24.7 Å². The number of H-pyrrole nitrogens is 2. The molecule has 2 N–H and O–H groups in total. The maximum Gasteiger partial charge on any atom is 0.338 e. The van der Waals surface area contributed by atoms with Gasteiger partial charge in [0.15, 0.2) is 11.6 Å². The number of ether oxygens (including phenoxy) is 1. The monoisotopic (exact) mass is 338 g/mol. The summed E-state index contributed by atoms with van der Waals surface area (Å²) in [4.78, 5) is 26.7. The first-order valence-corrected chi connectivity index (χ1v) is 7.85. The van der Waals surface area contributed by atoms with Gasteiger partial charge in [-0.1, -0.05) is 6.92 Å². The molecule has 0 bridgehead atoms. The molecule has 126 valence electrons. The van der Waals surface area contributed by atoms with Crippen LogP contribution in [0.25, 0.3) is 33.6 Å². The van der Waals surface area contributed by atoms with Crippen LogP contribution < -0.4 is 0 Å². The Kier molecular flexibility index (Phi) is 3.49. The van der Waals surface area contributed by atoms with E-state index >= 15 is 0 Å². The van der Waals surface area contributed by atoms with E-state index in [9.17, 15) is 9.18 Å². The number of halogens is 1. The van der Waals surface area contributed by atoms with Crippen molar-refractivity contribution in [3.8, 4) is 11.5 Å². The van der Waals surface area contributed by atoms with Crippen molar-refractivity contribution in [2.24, 2.45) is 0 Å². The lowest BCUT2D eigenvalue weighted by atomic mass is 10.2. The molecule has 0 aliphatic carbocycles. The van der Waals surface area contributed by atoms with Gasteiger partial charge in [0.25, 0.3) is 0 Å². The minimum Gasteiger partial charge on any atom is -0.465 e. The molecule has 4 rings (SSSR count). The minimum absolute atomic E-state index is 0.133. The number of hydrogen-bond acceptors (Lipinski definition) is 4. The Morgan fingerprint density at radius 3 is 2.80 bits per heavy atom.